The summed E-state index contributed by atoms with van der Waals surface area (Å²) in [6.45, 7) is 0.163. The number of benzene rings is 3. The molecule has 2 amide bonds. The van der Waals surface area contributed by atoms with Gasteiger partial charge in [0.15, 0.2) is 0 Å². The second-order valence-corrected chi connectivity index (χ2v) is 9.50. The van der Waals surface area contributed by atoms with Gasteiger partial charge in [0.05, 0.1) is 6.42 Å². The molecule has 0 saturated heterocycles. The summed E-state index contributed by atoms with van der Waals surface area (Å²) in [7, 11) is 0. The maximum absolute atomic E-state index is 13.7. The van der Waals surface area contributed by atoms with Gasteiger partial charge >= 0.3 is 0 Å². The summed E-state index contributed by atoms with van der Waals surface area (Å²) in [6.07, 6.45) is 5.59. The van der Waals surface area contributed by atoms with E-state index in [0.29, 0.717) is 12.0 Å². The summed E-state index contributed by atoms with van der Waals surface area (Å²) in [5.74, 6) is -1.16. The monoisotopic (exact) mass is 490 g/mol. The standard InChI is InChI=1S/C30H32F2N2O2/c31-25-15-11-23(12-16-25)20-29(35)34(21-24-13-17-26(32)18-14-24)28(19-22-7-3-1-4-8-22)30(36)33-27-9-5-2-6-10-27/h1,3-4,7-8,11-18,27-28H,2,5-6,9-10,19-21H2,(H,33,36)/t28-/m0/s1. The Morgan fingerprint density at radius 3 is 1.97 bits per heavy atom. The molecule has 1 N–H and O–H groups in total. The van der Waals surface area contributed by atoms with Gasteiger partial charge in [-0.2, -0.15) is 0 Å². The fraction of sp³-hybridized carbons (Fsp3) is 0.333. The molecule has 0 spiro atoms. The van der Waals surface area contributed by atoms with Crippen LogP contribution in [0.25, 0.3) is 0 Å². The maximum atomic E-state index is 13.7. The van der Waals surface area contributed by atoms with Gasteiger partial charge in [0.2, 0.25) is 11.8 Å². The molecule has 0 radical (unpaired) electrons. The van der Waals surface area contributed by atoms with Crippen molar-refractivity contribution in [1.29, 1.82) is 0 Å². The summed E-state index contributed by atoms with van der Waals surface area (Å²) in [6, 6.07) is 20.8. The number of carbonyl (C=O) groups is 2. The highest BCUT2D eigenvalue weighted by molar-refractivity contribution is 5.89. The van der Waals surface area contributed by atoms with E-state index in [2.05, 4.69) is 5.32 Å². The fourth-order valence-corrected chi connectivity index (χ4v) is 4.76. The number of carbonyl (C=O) groups excluding carboxylic acids is 2. The molecule has 6 heteroatoms. The molecule has 3 aromatic carbocycles. The first kappa shape index (κ1) is 25.5. The zero-order chi connectivity index (χ0) is 25.3. The third-order valence-corrected chi connectivity index (χ3v) is 6.76. The smallest absolute Gasteiger partial charge is 0.243 e. The van der Waals surface area contributed by atoms with Crippen molar-refractivity contribution in [3.8, 4) is 0 Å². The summed E-state index contributed by atoms with van der Waals surface area (Å²) < 4.78 is 27.0. The number of amides is 2. The van der Waals surface area contributed by atoms with Crippen LogP contribution in [0, 0.1) is 11.6 Å². The van der Waals surface area contributed by atoms with E-state index >= 15 is 0 Å². The van der Waals surface area contributed by atoms with E-state index in [1.807, 2.05) is 30.3 Å². The zero-order valence-corrected chi connectivity index (χ0v) is 20.3. The molecule has 4 nitrogen and oxygen atoms in total. The molecule has 1 saturated carbocycles. The summed E-state index contributed by atoms with van der Waals surface area (Å²) >= 11 is 0. The maximum Gasteiger partial charge on any atom is 0.243 e. The molecular weight excluding hydrogens is 458 g/mol. The van der Waals surface area contributed by atoms with E-state index in [0.717, 1.165) is 36.8 Å². The summed E-state index contributed by atoms with van der Waals surface area (Å²) in [4.78, 5) is 28.9. The molecular formula is C30H32F2N2O2. The molecule has 1 fully saturated rings. The number of hydrogen-bond donors (Lipinski definition) is 1. The van der Waals surface area contributed by atoms with Crippen LogP contribution in [0.15, 0.2) is 78.9 Å². The largest absolute Gasteiger partial charge is 0.352 e. The Morgan fingerprint density at radius 1 is 0.778 bits per heavy atom. The number of rotatable bonds is 9. The molecule has 0 unspecified atom stereocenters. The van der Waals surface area contributed by atoms with Crippen molar-refractivity contribution in [2.45, 2.75) is 63.6 Å². The van der Waals surface area contributed by atoms with Crippen LogP contribution >= 0.6 is 0 Å². The zero-order valence-electron chi connectivity index (χ0n) is 20.3. The third kappa shape index (κ3) is 7.23. The fourth-order valence-electron chi connectivity index (χ4n) is 4.76. The van der Waals surface area contributed by atoms with Crippen LogP contribution < -0.4 is 5.32 Å². The van der Waals surface area contributed by atoms with Gasteiger partial charge in [-0.15, -0.1) is 0 Å². The predicted molar refractivity (Wildman–Crippen MR) is 136 cm³/mol. The van der Waals surface area contributed by atoms with Gasteiger partial charge in [-0.05, 0) is 53.8 Å². The van der Waals surface area contributed by atoms with Gasteiger partial charge in [-0.1, -0.05) is 73.9 Å². The predicted octanol–water partition coefficient (Wildman–Crippen LogP) is 5.60. The van der Waals surface area contributed by atoms with Crippen LogP contribution in [0.1, 0.15) is 48.8 Å². The number of hydrogen-bond acceptors (Lipinski definition) is 2. The third-order valence-electron chi connectivity index (χ3n) is 6.76. The highest BCUT2D eigenvalue weighted by Gasteiger charge is 2.32. The highest BCUT2D eigenvalue weighted by atomic mass is 19.1. The lowest BCUT2D eigenvalue weighted by atomic mass is 9.94. The lowest BCUT2D eigenvalue weighted by Crippen LogP contribution is -2.53. The van der Waals surface area contributed by atoms with Crippen molar-refractivity contribution >= 4 is 11.8 Å². The number of nitrogens with zero attached hydrogens (tertiary/aromatic N) is 1. The summed E-state index contributed by atoms with van der Waals surface area (Å²) in [5, 5.41) is 3.20. The Balaban J connectivity index is 1.64. The first-order valence-electron chi connectivity index (χ1n) is 12.6. The van der Waals surface area contributed by atoms with Gasteiger partial charge < -0.3 is 10.2 Å². The highest BCUT2D eigenvalue weighted by Crippen LogP contribution is 2.20. The van der Waals surface area contributed by atoms with E-state index in [4.69, 9.17) is 0 Å². The van der Waals surface area contributed by atoms with E-state index in [1.165, 1.54) is 30.7 Å². The van der Waals surface area contributed by atoms with E-state index in [9.17, 15) is 18.4 Å². The van der Waals surface area contributed by atoms with E-state index in [-0.39, 0.29) is 42.5 Å². The van der Waals surface area contributed by atoms with E-state index < -0.39 is 6.04 Å². The van der Waals surface area contributed by atoms with Crippen molar-refractivity contribution in [2.75, 3.05) is 0 Å². The Labute approximate surface area is 211 Å². The van der Waals surface area contributed by atoms with Crippen LogP contribution in [0.3, 0.4) is 0 Å². The van der Waals surface area contributed by atoms with Crippen molar-refractivity contribution in [2.24, 2.45) is 0 Å². The van der Waals surface area contributed by atoms with Gasteiger partial charge in [-0.3, -0.25) is 9.59 Å². The van der Waals surface area contributed by atoms with Crippen LogP contribution in [0.5, 0.6) is 0 Å². The van der Waals surface area contributed by atoms with Crippen molar-refractivity contribution in [3.63, 3.8) is 0 Å². The number of nitrogens with one attached hydrogen (secondary N) is 1. The van der Waals surface area contributed by atoms with Crippen LogP contribution in [-0.4, -0.2) is 28.8 Å². The van der Waals surface area contributed by atoms with Crippen molar-refractivity contribution in [1.82, 2.24) is 10.2 Å². The van der Waals surface area contributed by atoms with Gasteiger partial charge in [0.25, 0.3) is 0 Å². The topological polar surface area (TPSA) is 49.4 Å². The molecule has 0 heterocycles. The molecule has 0 aliphatic heterocycles. The van der Waals surface area contributed by atoms with Gasteiger partial charge in [-0.25, -0.2) is 8.78 Å². The normalized spacial score (nSPS) is 14.7. The lowest BCUT2D eigenvalue weighted by Gasteiger charge is -2.33. The van der Waals surface area contributed by atoms with Gasteiger partial charge in [0, 0.05) is 19.0 Å². The first-order chi connectivity index (χ1) is 17.5. The molecule has 3 aromatic rings. The van der Waals surface area contributed by atoms with Crippen molar-refractivity contribution < 1.29 is 18.4 Å². The second-order valence-electron chi connectivity index (χ2n) is 9.50. The minimum atomic E-state index is -0.743. The molecule has 36 heavy (non-hydrogen) atoms. The average Bonchev–Trinajstić information content (AvgIpc) is 2.89. The molecule has 1 atom stereocenters. The first-order valence-corrected chi connectivity index (χ1v) is 12.6. The average molecular weight is 491 g/mol. The summed E-state index contributed by atoms with van der Waals surface area (Å²) in [5.41, 5.74) is 2.34. The molecule has 0 bridgehead atoms. The lowest BCUT2D eigenvalue weighted by molar-refractivity contribution is -0.141. The van der Waals surface area contributed by atoms with Crippen molar-refractivity contribution in [3.05, 3.63) is 107 Å². The van der Waals surface area contributed by atoms with Gasteiger partial charge in [0.1, 0.15) is 17.7 Å². The molecule has 1 aliphatic rings. The quantitative estimate of drug-likeness (QED) is 0.425. The van der Waals surface area contributed by atoms with Crippen LogP contribution in [0.2, 0.25) is 0 Å². The molecule has 1 aliphatic carbocycles. The minimum Gasteiger partial charge on any atom is -0.352 e. The molecule has 4 rings (SSSR count). The Kier molecular flexibility index (Phi) is 8.82. The Bertz CT molecular complexity index is 1130. The van der Waals surface area contributed by atoms with Crippen LogP contribution in [0.4, 0.5) is 8.78 Å². The SMILES string of the molecule is O=C(NC1CCCCC1)[C@H](Cc1ccccc1)N(Cc1ccc(F)cc1)C(=O)Cc1ccc(F)cc1. The van der Waals surface area contributed by atoms with Crippen LogP contribution in [-0.2, 0) is 29.0 Å². The molecule has 0 aromatic heterocycles. The Hall–Kier alpha value is -3.54. The Morgan fingerprint density at radius 2 is 1.36 bits per heavy atom. The van der Waals surface area contributed by atoms with E-state index in [1.54, 1.807) is 29.2 Å². The second kappa shape index (κ2) is 12.4. The molecule has 188 valence electrons. The number of halogens is 2. The minimum absolute atomic E-state index is 0.0312.